The van der Waals surface area contributed by atoms with Gasteiger partial charge in [0.2, 0.25) is 0 Å². The molecular weight excluding hydrogens is 346 g/mol. The lowest BCUT2D eigenvalue weighted by atomic mass is 9.81. The fourth-order valence-corrected chi connectivity index (χ4v) is 4.60. The van der Waals surface area contributed by atoms with Crippen molar-refractivity contribution in [2.45, 2.75) is 23.8 Å². The molecule has 4 aromatic heterocycles. The maximum Gasteiger partial charge on any atom is 0.153 e. The Balaban J connectivity index is 1.20. The summed E-state index contributed by atoms with van der Waals surface area (Å²) in [5, 5.41) is 1.09. The number of furan rings is 1. The van der Waals surface area contributed by atoms with Gasteiger partial charge in [0.25, 0.3) is 0 Å². The lowest BCUT2D eigenvalue weighted by Crippen LogP contribution is -2.43. The fourth-order valence-electron chi connectivity index (χ4n) is 3.59. The Morgan fingerprint density at radius 3 is 3.12 bits per heavy atom. The maximum atomic E-state index is 5.43. The number of rotatable bonds is 5. The van der Waals surface area contributed by atoms with Gasteiger partial charge in [0.15, 0.2) is 5.58 Å². The van der Waals surface area contributed by atoms with Crippen LogP contribution in [-0.4, -0.2) is 38.8 Å². The van der Waals surface area contributed by atoms with E-state index in [0.29, 0.717) is 6.04 Å². The Hall–Kier alpha value is -2.54. The van der Waals surface area contributed by atoms with Crippen molar-refractivity contribution in [1.82, 2.24) is 19.9 Å². The molecule has 0 bridgehead atoms. The first-order valence-corrected chi connectivity index (χ1v) is 9.73. The first-order chi connectivity index (χ1) is 12.8. The van der Waals surface area contributed by atoms with Gasteiger partial charge in [0.05, 0.1) is 11.6 Å². The SMILES string of the molecule is CN(c1ncnc2[nH]ccc12)C1CC(CSc2cnc3ccoc3c2)C1. The molecule has 0 atom stereocenters. The van der Waals surface area contributed by atoms with E-state index in [0.717, 1.165) is 39.6 Å². The van der Waals surface area contributed by atoms with E-state index in [1.165, 1.54) is 17.7 Å². The zero-order valence-electron chi connectivity index (χ0n) is 14.4. The van der Waals surface area contributed by atoms with Gasteiger partial charge >= 0.3 is 0 Å². The van der Waals surface area contributed by atoms with Crippen molar-refractivity contribution in [1.29, 1.82) is 0 Å². The number of hydrogen-bond donors (Lipinski definition) is 1. The zero-order chi connectivity index (χ0) is 17.5. The van der Waals surface area contributed by atoms with Gasteiger partial charge in [-0.15, -0.1) is 11.8 Å². The molecule has 4 heterocycles. The van der Waals surface area contributed by atoms with Crippen molar-refractivity contribution in [3.05, 3.63) is 43.2 Å². The van der Waals surface area contributed by atoms with Crippen molar-refractivity contribution >= 4 is 39.7 Å². The summed E-state index contributed by atoms with van der Waals surface area (Å²) in [6.07, 6.45) is 9.56. The van der Waals surface area contributed by atoms with Crippen LogP contribution in [0.25, 0.3) is 22.1 Å². The van der Waals surface area contributed by atoms with Crippen LogP contribution in [0.5, 0.6) is 0 Å². The number of anilines is 1. The highest BCUT2D eigenvalue weighted by Crippen LogP contribution is 2.38. The van der Waals surface area contributed by atoms with Gasteiger partial charge in [-0.05, 0) is 30.9 Å². The van der Waals surface area contributed by atoms with Crippen LogP contribution >= 0.6 is 11.8 Å². The molecular formula is C19H19N5OS. The van der Waals surface area contributed by atoms with Crippen molar-refractivity contribution in [3.8, 4) is 0 Å². The Bertz CT molecular complexity index is 1050. The minimum atomic E-state index is 0.541. The van der Waals surface area contributed by atoms with Crippen LogP contribution < -0.4 is 4.90 Å². The second-order valence-corrected chi connectivity index (χ2v) is 7.92. The van der Waals surface area contributed by atoms with Crippen LogP contribution in [0.15, 0.2) is 52.5 Å². The largest absolute Gasteiger partial charge is 0.463 e. The molecule has 5 rings (SSSR count). The Morgan fingerprint density at radius 2 is 2.19 bits per heavy atom. The number of aromatic nitrogens is 4. The van der Waals surface area contributed by atoms with E-state index in [1.54, 1.807) is 12.6 Å². The van der Waals surface area contributed by atoms with Crippen molar-refractivity contribution < 1.29 is 4.42 Å². The summed E-state index contributed by atoms with van der Waals surface area (Å²) in [5.74, 6) is 2.85. The lowest BCUT2D eigenvalue weighted by Gasteiger charge is -2.41. The summed E-state index contributed by atoms with van der Waals surface area (Å²) in [6, 6.07) is 6.56. The molecule has 1 N–H and O–H groups in total. The number of aromatic amines is 1. The summed E-state index contributed by atoms with van der Waals surface area (Å²) in [7, 11) is 2.14. The molecule has 1 saturated carbocycles. The number of thioether (sulfide) groups is 1. The van der Waals surface area contributed by atoms with Crippen molar-refractivity contribution in [2.24, 2.45) is 5.92 Å². The van der Waals surface area contributed by atoms with Crippen LogP contribution in [0.2, 0.25) is 0 Å². The second kappa shape index (κ2) is 6.32. The summed E-state index contributed by atoms with van der Waals surface area (Å²) in [6.45, 7) is 0. The Morgan fingerprint density at radius 1 is 1.27 bits per heavy atom. The third-order valence-corrected chi connectivity index (χ3v) is 6.38. The van der Waals surface area contributed by atoms with E-state index in [-0.39, 0.29) is 0 Å². The van der Waals surface area contributed by atoms with Crippen LogP contribution in [0.4, 0.5) is 5.82 Å². The van der Waals surface area contributed by atoms with Gasteiger partial charge in [-0.2, -0.15) is 0 Å². The monoisotopic (exact) mass is 365 g/mol. The number of nitrogens with one attached hydrogen (secondary N) is 1. The summed E-state index contributed by atoms with van der Waals surface area (Å²) in [4.78, 5) is 19.8. The average Bonchev–Trinajstić information content (AvgIpc) is 3.28. The van der Waals surface area contributed by atoms with E-state index in [2.05, 4.69) is 37.9 Å². The third kappa shape index (κ3) is 2.72. The standard InChI is InChI=1S/C19H19N5OS/c1-24(19-15-2-4-20-18(15)22-11-23-19)13-6-12(7-13)10-26-14-8-17-16(21-9-14)3-5-25-17/h2-5,8-9,11-13H,6-7,10H2,1H3,(H,20,22,23). The lowest BCUT2D eigenvalue weighted by molar-refractivity contribution is 0.286. The number of nitrogens with zero attached hydrogens (tertiary/aromatic N) is 4. The van der Waals surface area contributed by atoms with E-state index < -0.39 is 0 Å². The van der Waals surface area contributed by atoms with Crippen LogP contribution in [-0.2, 0) is 0 Å². The molecule has 0 radical (unpaired) electrons. The van der Waals surface area contributed by atoms with E-state index in [4.69, 9.17) is 4.42 Å². The molecule has 0 spiro atoms. The minimum absolute atomic E-state index is 0.541. The first kappa shape index (κ1) is 15.7. The highest BCUT2D eigenvalue weighted by Gasteiger charge is 2.33. The van der Waals surface area contributed by atoms with Crippen LogP contribution in [0.3, 0.4) is 0 Å². The quantitative estimate of drug-likeness (QED) is 0.537. The van der Waals surface area contributed by atoms with Crippen molar-refractivity contribution in [3.63, 3.8) is 0 Å². The average molecular weight is 365 g/mol. The summed E-state index contributed by atoms with van der Waals surface area (Å²) < 4.78 is 5.43. The molecule has 0 aromatic carbocycles. The van der Waals surface area contributed by atoms with E-state index in [9.17, 15) is 0 Å². The normalized spacial score (nSPS) is 19.7. The molecule has 26 heavy (non-hydrogen) atoms. The Kier molecular flexibility index (Phi) is 3.81. The van der Waals surface area contributed by atoms with Gasteiger partial charge in [0, 0.05) is 42.2 Å². The molecule has 6 nitrogen and oxygen atoms in total. The Labute approximate surface area is 155 Å². The van der Waals surface area contributed by atoms with E-state index in [1.807, 2.05) is 36.3 Å². The van der Waals surface area contributed by atoms with Crippen LogP contribution in [0.1, 0.15) is 12.8 Å². The predicted octanol–water partition coefficient (Wildman–Crippen LogP) is 4.11. The summed E-state index contributed by atoms with van der Waals surface area (Å²) >= 11 is 1.86. The molecule has 1 fully saturated rings. The van der Waals surface area contributed by atoms with Gasteiger partial charge < -0.3 is 14.3 Å². The second-order valence-electron chi connectivity index (χ2n) is 6.83. The van der Waals surface area contributed by atoms with Gasteiger partial charge in [0.1, 0.15) is 23.3 Å². The molecule has 7 heteroatoms. The molecule has 132 valence electrons. The molecule has 0 unspecified atom stereocenters. The minimum Gasteiger partial charge on any atom is -0.463 e. The molecule has 0 amide bonds. The topological polar surface area (TPSA) is 70.8 Å². The zero-order valence-corrected chi connectivity index (χ0v) is 15.2. The van der Waals surface area contributed by atoms with Gasteiger partial charge in [-0.1, -0.05) is 0 Å². The molecule has 0 aliphatic heterocycles. The van der Waals surface area contributed by atoms with Gasteiger partial charge in [-0.25, -0.2) is 9.97 Å². The molecule has 1 aliphatic carbocycles. The predicted molar refractivity (Wildman–Crippen MR) is 104 cm³/mol. The number of pyridine rings is 1. The third-order valence-electron chi connectivity index (χ3n) is 5.19. The number of hydrogen-bond acceptors (Lipinski definition) is 6. The maximum absolute atomic E-state index is 5.43. The van der Waals surface area contributed by atoms with E-state index >= 15 is 0 Å². The first-order valence-electron chi connectivity index (χ1n) is 8.75. The highest BCUT2D eigenvalue weighted by atomic mass is 32.2. The van der Waals surface area contributed by atoms with Gasteiger partial charge in [-0.3, -0.25) is 4.98 Å². The molecule has 0 saturated heterocycles. The van der Waals surface area contributed by atoms with Crippen LogP contribution in [0, 0.1) is 5.92 Å². The summed E-state index contributed by atoms with van der Waals surface area (Å²) in [5.41, 5.74) is 2.68. The molecule has 4 aromatic rings. The number of fused-ring (bicyclic) bond motifs is 2. The van der Waals surface area contributed by atoms with Crippen molar-refractivity contribution in [2.75, 3.05) is 17.7 Å². The fraction of sp³-hybridized carbons (Fsp3) is 0.316. The smallest absolute Gasteiger partial charge is 0.153 e. The molecule has 1 aliphatic rings. The highest BCUT2D eigenvalue weighted by molar-refractivity contribution is 7.99. The number of H-pyrrole nitrogens is 1.